The Morgan fingerprint density at radius 3 is 2.43 bits per heavy atom. The summed E-state index contributed by atoms with van der Waals surface area (Å²) in [6.07, 6.45) is 8.86. The second kappa shape index (κ2) is 4.63. The standard InChI is InChI=1S/C12H23NO/c1-9(8-10-4-2-5-10)13-11-6-3-7-12(11)14/h9-14H,2-8H2,1H3. The van der Waals surface area contributed by atoms with E-state index in [1.54, 1.807) is 0 Å². The molecule has 2 rings (SSSR count). The van der Waals surface area contributed by atoms with Crippen molar-refractivity contribution < 1.29 is 5.11 Å². The quantitative estimate of drug-likeness (QED) is 0.723. The number of aliphatic hydroxyl groups is 1. The van der Waals surface area contributed by atoms with E-state index in [4.69, 9.17) is 0 Å². The van der Waals surface area contributed by atoms with E-state index in [-0.39, 0.29) is 6.10 Å². The molecule has 2 nitrogen and oxygen atoms in total. The summed E-state index contributed by atoms with van der Waals surface area (Å²) in [5.74, 6) is 0.969. The molecule has 2 aliphatic carbocycles. The molecule has 0 saturated heterocycles. The minimum Gasteiger partial charge on any atom is -0.392 e. The zero-order valence-electron chi connectivity index (χ0n) is 9.21. The average Bonchev–Trinajstić information content (AvgIpc) is 2.45. The van der Waals surface area contributed by atoms with E-state index < -0.39 is 0 Å². The van der Waals surface area contributed by atoms with Crippen LogP contribution in [0.4, 0.5) is 0 Å². The van der Waals surface area contributed by atoms with E-state index >= 15 is 0 Å². The maximum absolute atomic E-state index is 9.68. The fourth-order valence-corrected chi connectivity index (χ4v) is 2.80. The average molecular weight is 197 g/mol. The summed E-state index contributed by atoms with van der Waals surface area (Å²) in [4.78, 5) is 0. The van der Waals surface area contributed by atoms with Gasteiger partial charge in [0.1, 0.15) is 0 Å². The lowest BCUT2D eigenvalue weighted by molar-refractivity contribution is 0.138. The van der Waals surface area contributed by atoms with Gasteiger partial charge in [-0.1, -0.05) is 19.3 Å². The van der Waals surface area contributed by atoms with Crippen LogP contribution in [-0.4, -0.2) is 23.3 Å². The molecular formula is C12H23NO. The predicted molar refractivity (Wildman–Crippen MR) is 58.2 cm³/mol. The first-order chi connectivity index (χ1) is 6.75. The number of hydrogen-bond donors (Lipinski definition) is 2. The molecular weight excluding hydrogens is 174 g/mol. The topological polar surface area (TPSA) is 32.3 Å². The fraction of sp³-hybridized carbons (Fsp3) is 1.00. The Hall–Kier alpha value is -0.0800. The molecule has 2 heteroatoms. The van der Waals surface area contributed by atoms with Crippen LogP contribution in [0.5, 0.6) is 0 Å². The van der Waals surface area contributed by atoms with Crippen molar-refractivity contribution in [3.8, 4) is 0 Å². The molecule has 0 aliphatic heterocycles. The molecule has 82 valence electrons. The Bertz CT molecular complexity index is 179. The van der Waals surface area contributed by atoms with E-state index in [9.17, 15) is 5.11 Å². The first-order valence-electron chi connectivity index (χ1n) is 6.20. The molecule has 0 aromatic carbocycles. The van der Waals surface area contributed by atoms with Crippen LogP contribution in [0.3, 0.4) is 0 Å². The smallest absolute Gasteiger partial charge is 0.0693 e. The van der Waals surface area contributed by atoms with Gasteiger partial charge in [0, 0.05) is 12.1 Å². The Balaban J connectivity index is 1.67. The van der Waals surface area contributed by atoms with Gasteiger partial charge in [0.25, 0.3) is 0 Å². The molecule has 0 aromatic rings. The number of nitrogens with one attached hydrogen (secondary N) is 1. The number of aliphatic hydroxyl groups excluding tert-OH is 1. The number of hydrogen-bond acceptors (Lipinski definition) is 2. The molecule has 2 saturated carbocycles. The summed E-state index contributed by atoms with van der Waals surface area (Å²) in [7, 11) is 0. The van der Waals surface area contributed by atoms with E-state index in [0.717, 1.165) is 18.8 Å². The van der Waals surface area contributed by atoms with Crippen LogP contribution < -0.4 is 5.32 Å². The highest BCUT2D eigenvalue weighted by molar-refractivity contribution is 4.85. The predicted octanol–water partition coefficient (Wildman–Crippen LogP) is 2.07. The summed E-state index contributed by atoms with van der Waals surface area (Å²) >= 11 is 0. The molecule has 0 radical (unpaired) electrons. The largest absolute Gasteiger partial charge is 0.392 e. The van der Waals surface area contributed by atoms with Gasteiger partial charge in [-0.2, -0.15) is 0 Å². The van der Waals surface area contributed by atoms with Gasteiger partial charge < -0.3 is 10.4 Å². The normalized spacial score (nSPS) is 35.6. The Kier molecular flexibility index (Phi) is 3.45. The van der Waals surface area contributed by atoms with E-state index in [0.29, 0.717) is 12.1 Å². The highest BCUT2D eigenvalue weighted by Crippen LogP contribution is 2.30. The molecule has 0 amide bonds. The Labute approximate surface area is 87.1 Å². The summed E-state index contributed by atoms with van der Waals surface area (Å²) in [5, 5.41) is 13.3. The van der Waals surface area contributed by atoms with Crippen molar-refractivity contribution in [1.29, 1.82) is 0 Å². The first-order valence-corrected chi connectivity index (χ1v) is 6.20. The van der Waals surface area contributed by atoms with Crippen LogP contribution in [0.1, 0.15) is 51.9 Å². The molecule has 2 N–H and O–H groups in total. The number of rotatable bonds is 4. The fourth-order valence-electron chi connectivity index (χ4n) is 2.80. The minimum atomic E-state index is -0.0844. The van der Waals surface area contributed by atoms with Crippen molar-refractivity contribution in [3.63, 3.8) is 0 Å². The third-order valence-electron chi connectivity index (χ3n) is 3.89. The maximum Gasteiger partial charge on any atom is 0.0693 e. The molecule has 2 aliphatic rings. The highest BCUT2D eigenvalue weighted by atomic mass is 16.3. The molecule has 3 unspecified atom stereocenters. The summed E-state index contributed by atoms with van der Waals surface area (Å²) in [6.45, 7) is 2.27. The SMILES string of the molecule is CC(CC1CCC1)NC1CCCC1O. The first kappa shape index (κ1) is 10.4. The second-order valence-electron chi connectivity index (χ2n) is 5.21. The van der Waals surface area contributed by atoms with Crippen molar-refractivity contribution in [2.24, 2.45) is 5.92 Å². The lowest BCUT2D eigenvalue weighted by Gasteiger charge is -2.30. The van der Waals surface area contributed by atoms with Crippen LogP contribution >= 0.6 is 0 Å². The van der Waals surface area contributed by atoms with Gasteiger partial charge >= 0.3 is 0 Å². The van der Waals surface area contributed by atoms with Crippen LogP contribution in [0.2, 0.25) is 0 Å². The molecule has 0 bridgehead atoms. The second-order valence-corrected chi connectivity index (χ2v) is 5.21. The third-order valence-corrected chi connectivity index (χ3v) is 3.89. The molecule has 2 fully saturated rings. The van der Waals surface area contributed by atoms with Crippen molar-refractivity contribution in [2.45, 2.75) is 70.1 Å². The van der Waals surface area contributed by atoms with Crippen LogP contribution in [-0.2, 0) is 0 Å². The molecule has 3 atom stereocenters. The van der Waals surface area contributed by atoms with Crippen molar-refractivity contribution in [2.75, 3.05) is 0 Å². The zero-order chi connectivity index (χ0) is 9.97. The van der Waals surface area contributed by atoms with Gasteiger partial charge in [0.2, 0.25) is 0 Å². The van der Waals surface area contributed by atoms with Gasteiger partial charge in [-0.3, -0.25) is 0 Å². The monoisotopic (exact) mass is 197 g/mol. The third kappa shape index (κ3) is 2.48. The van der Waals surface area contributed by atoms with Crippen molar-refractivity contribution >= 4 is 0 Å². The summed E-state index contributed by atoms with van der Waals surface area (Å²) in [5.41, 5.74) is 0. The van der Waals surface area contributed by atoms with E-state index in [1.165, 1.54) is 32.1 Å². The molecule has 0 aromatic heterocycles. The molecule has 14 heavy (non-hydrogen) atoms. The highest BCUT2D eigenvalue weighted by Gasteiger charge is 2.27. The Morgan fingerprint density at radius 1 is 1.21 bits per heavy atom. The zero-order valence-corrected chi connectivity index (χ0v) is 9.21. The van der Waals surface area contributed by atoms with Gasteiger partial charge in [-0.25, -0.2) is 0 Å². The van der Waals surface area contributed by atoms with Gasteiger partial charge in [-0.15, -0.1) is 0 Å². The van der Waals surface area contributed by atoms with Crippen molar-refractivity contribution in [3.05, 3.63) is 0 Å². The van der Waals surface area contributed by atoms with Gasteiger partial charge in [0.05, 0.1) is 6.10 Å². The van der Waals surface area contributed by atoms with Crippen LogP contribution in [0.15, 0.2) is 0 Å². The van der Waals surface area contributed by atoms with Crippen LogP contribution in [0.25, 0.3) is 0 Å². The van der Waals surface area contributed by atoms with Gasteiger partial charge in [-0.05, 0) is 38.5 Å². The van der Waals surface area contributed by atoms with Gasteiger partial charge in [0.15, 0.2) is 0 Å². The summed E-state index contributed by atoms with van der Waals surface area (Å²) in [6, 6.07) is 0.975. The van der Waals surface area contributed by atoms with Crippen LogP contribution in [0, 0.1) is 5.92 Å². The minimum absolute atomic E-state index is 0.0844. The lowest BCUT2D eigenvalue weighted by Crippen LogP contribution is -2.42. The van der Waals surface area contributed by atoms with E-state index in [1.807, 2.05) is 0 Å². The lowest BCUT2D eigenvalue weighted by atomic mass is 9.81. The van der Waals surface area contributed by atoms with E-state index in [2.05, 4.69) is 12.2 Å². The van der Waals surface area contributed by atoms with Crippen molar-refractivity contribution in [1.82, 2.24) is 5.32 Å². The molecule has 0 spiro atoms. The Morgan fingerprint density at radius 2 is 1.93 bits per heavy atom. The molecule has 0 heterocycles. The summed E-state index contributed by atoms with van der Waals surface area (Å²) < 4.78 is 0. The maximum atomic E-state index is 9.68.